The Morgan fingerprint density at radius 1 is 1.05 bits per heavy atom. The number of nitrogens with one attached hydrogen (secondary N) is 2. The third kappa shape index (κ3) is 6.77. The highest BCUT2D eigenvalue weighted by atomic mass is 35.6. The Labute approximate surface area is 142 Å². The third-order valence-corrected chi connectivity index (χ3v) is 2.76. The highest BCUT2D eigenvalue weighted by Crippen LogP contribution is 2.32. The summed E-state index contributed by atoms with van der Waals surface area (Å²) < 4.78 is -4.68. The summed E-state index contributed by atoms with van der Waals surface area (Å²) in [6.07, 6.45) is -4.14. The molecule has 118 valence electrons. The zero-order valence-corrected chi connectivity index (χ0v) is 13.7. The number of primary amides is 1. The highest BCUT2D eigenvalue weighted by Gasteiger charge is 2.41. The summed E-state index contributed by atoms with van der Waals surface area (Å²) in [7, 11) is 0. The second-order valence-corrected chi connectivity index (χ2v) is 7.89. The molecule has 0 saturated carbocycles. The first-order valence-electron chi connectivity index (χ1n) is 4.42. The van der Waals surface area contributed by atoms with E-state index in [1.165, 1.54) is 0 Å². The summed E-state index contributed by atoms with van der Waals surface area (Å²) >= 11 is 32.0. The number of halogens is 6. The standard InChI is InChI=1S/C6H8Cl6N4O4/c7-5(8,9)1(17)14-4(20)16(15-3(13)19)2(18)6(10,11)12/h1-2,17-18H,(H,14,20)(H3,13,15,19). The normalized spacial score (nSPS) is 15.2. The maximum Gasteiger partial charge on any atom is 0.340 e. The number of urea groups is 2. The van der Waals surface area contributed by atoms with E-state index in [0.29, 0.717) is 0 Å². The number of aliphatic hydroxyl groups is 2. The minimum atomic E-state index is -2.40. The van der Waals surface area contributed by atoms with Crippen LogP contribution < -0.4 is 16.5 Å². The average Bonchev–Trinajstić information content (AvgIpc) is 2.21. The van der Waals surface area contributed by atoms with Crippen LogP contribution in [0.15, 0.2) is 0 Å². The van der Waals surface area contributed by atoms with Gasteiger partial charge in [0.1, 0.15) is 0 Å². The predicted octanol–water partition coefficient (Wildman–Crippen LogP) is 0.958. The van der Waals surface area contributed by atoms with Crippen LogP contribution in [0, 0.1) is 0 Å². The Morgan fingerprint density at radius 2 is 1.50 bits per heavy atom. The molecule has 4 amide bonds. The van der Waals surface area contributed by atoms with Crippen LogP contribution in [0.2, 0.25) is 0 Å². The van der Waals surface area contributed by atoms with Crippen molar-refractivity contribution in [3.63, 3.8) is 0 Å². The van der Waals surface area contributed by atoms with Gasteiger partial charge in [0.15, 0.2) is 12.5 Å². The zero-order valence-electron chi connectivity index (χ0n) is 9.16. The summed E-state index contributed by atoms with van der Waals surface area (Å²) in [5.41, 5.74) is 6.44. The molecule has 8 nitrogen and oxygen atoms in total. The van der Waals surface area contributed by atoms with Gasteiger partial charge in [0, 0.05) is 0 Å². The molecule has 0 bridgehead atoms. The average molecular weight is 413 g/mol. The molecule has 2 unspecified atom stereocenters. The van der Waals surface area contributed by atoms with Crippen LogP contribution in [0.5, 0.6) is 0 Å². The molecule has 20 heavy (non-hydrogen) atoms. The Kier molecular flexibility index (Phi) is 7.53. The van der Waals surface area contributed by atoms with Gasteiger partial charge in [-0.1, -0.05) is 69.6 Å². The van der Waals surface area contributed by atoms with Crippen molar-refractivity contribution in [2.24, 2.45) is 5.73 Å². The molecule has 0 aliphatic carbocycles. The topological polar surface area (TPSA) is 128 Å². The number of hydrogen-bond acceptors (Lipinski definition) is 4. The quantitative estimate of drug-likeness (QED) is 0.263. The third-order valence-electron chi connectivity index (χ3n) is 1.56. The number of amides is 4. The van der Waals surface area contributed by atoms with Gasteiger partial charge in [-0.25, -0.2) is 20.0 Å². The fourth-order valence-corrected chi connectivity index (χ4v) is 1.21. The van der Waals surface area contributed by atoms with Crippen LogP contribution in [0.25, 0.3) is 0 Å². The number of alkyl halides is 6. The molecule has 0 aromatic rings. The molecule has 0 aromatic heterocycles. The van der Waals surface area contributed by atoms with Gasteiger partial charge in [0.2, 0.25) is 7.59 Å². The smallest absolute Gasteiger partial charge is 0.340 e. The molecule has 0 saturated heterocycles. The number of aliphatic hydroxyl groups excluding tert-OH is 2. The molecule has 14 heteroatoms. The largest absolute Gasteiger partial charge is 0.369 e. The van der Waals surface area contributed by atoms with Crippen LogP contribution in [0.1, 0.15) is 0 Å². The second-order valence-electron chi connectivity index (χ2n) is 3.15. The van der Waals surface area contributed by atoms with Crippen LogP contribution in [0.4, 0.5) is 9.59 Å². The molecule has 0 spiro atoms. The second kappa shape index (κ2) is 7.46. The number of rotatable bonds is 2. The zero-order chi connectivity index (χ0) is 16.3. The molecule has 2 atom stereocenters. The number of nitrogens with two attached hydrogens (primary N) is 1. The lowest BCUT2D eigenvalue weighted by Crippen LogP contribution is -2.62. The molecular formula is C6H8Cl6N4O4. The van der Waals surface area contributed by atoms with Gasteiger partial charge in [-0.05, 0) is 0 Å². The molecule has 0 rings (SSSR count). The molecule has 0 aliphatic heterocycles. The number of nitrogens with zero attached hydrogens (tertiary/aromatic N) is 1. The van der Waals surface area contributed by atoms with Gasteiger partial charge in [0.05, 0.1) is 0 Å². The molecule has 0 aliphatic rings. The Bertz CT molecular complexity index is 371. The number of carbonyl (C=O) groups is 2. The number of hydrazine groups is 1. The van der Waals surface area contributed by atoms with Crippen molar-refractivity contribution in [2.45, 2.75) is 20.0 Å². The predicted molar refractivity (Wildman–Crippen MR) is 75.7 cm³/mol. The summed E-state index contributed by atoms with van der Waals surface area (Å²) in [4.78, 5) is 22.4. The lowest BCUT2D eigenvalue weighted by molar-refractivity contribution is 0.00605. The van der Waals surface area contributed by atoms with Crippen molar-refractivity contribution in [1.29, 1.82) is 0 Å². The molecule has 6 N–H and O–H groups in total. The lowest BCUT2D eigenvalue weighted by atomic mass is 10.5. The minimum Gasteiger partial charge on any atom is -0.369 e. The van der Waals surface area contributed by atoms with E-state index in [4.69, 9.17) is 75.3 Å². The first kappa shape index (κ1) is 20.2. The van der Waals surface area contributed by atoms with Gasteiger partial charge in [-0.15, -0.1) is 0 Å². The van der Waals surface area contributed by atoms with Gasteiger partial charge in [-0.3, -0.25) is 0 Å². The van der Waals surface area contributed by atoms with Crippen molar-refractivity contribution < 1.29 is 19.8 Å². The van der Waals surface area contributed by atoms with Crippen molar-refractivity contribution in [3.05, 3.63) is 0 Å². The Balaban J connectivity index is 5.05. The van der Waals surface area contributed by atoms with Crippen LogP contribution in [-0.2, 0) is 0 Å². The van der Waals surface area contributed by atoms with Gasteiger partial charge in [-0.2, -0.15) is 0 Å². The first-order chi connectivity index (χ1) is 8.76. The number of hydrogen-bond donors (Lipinski definition) is 5. The van der Waals surface area contributed by atoms with E-state index in [-0.39, 0.29) is 5.01 Å². The van der Waals surface area contributed by atoms with Crippen molar-refractivity contribution >= 4 is 81.7 Å². The van der Waals surface area contributed by atoms with E-state index in [9.17, 15) is 19.8 Å². The number of carbonyl (C=O) groups excluding carboxylic acids is 2. The Morgan fingerprint density at radius 3 is 1.80 bits per heavy atom. The van der Waals surface area contributed by atoms with Crippen LogP contribution in [0.3, 0.4) is 0 Å². The maximum absolute atomic E-state index is 11.7. The van der Waals surface area contributed by atoms with Gasteiger partial charge < -0.3 is 21.3 Å². The van der Waals surface area contributed by atoms with E-state index in [2.05, 4.69) is 0 Å². The Hall–Kier alpha value is 0.200. The van der Waals surface area contributed by atoms with E-state index in [1.54, 1.807) is 10.7 Å². The highest BCUT2D eigenvalue weighted by molar-refractivity contribution is 6.68. The van der Waals surface area contributed by atoms with Crippen molar-refractivity contribution in [2.75, 3.05) is 0 Å². The molecule has 0 radical (unpaired) electrons. The fourth-order valence-electron chi connectivity index (χ4n) is 0.756. The maximum atomic E-state index is 11.7. The van der Waals surface area contributed by atoms with Crippen LogP contribution >= 0.6 is 69.6 Å². The van der Waals surface area contributed by atoms with Gasteiger partial charge >= 0.3 is 12.1 Å². The van der Waals surface area contributed by atoms with E-state index >= 15 is 0 Å². The summed E-state index contributed by atoms with van der Waals surface area (Å²) in [5.74, 6) is 0. The molecule has 0 fully saturated rings. The fraction of sp³-hybridized carbons (Fsp3) is 0.667. The van der Waals surface area contributed by atoms with Crippen LogP contribution in [-0.4, -0.2) is 47.3 Å². The van der Waals surface area contributed by atoms with Gasteiger partial charge in [0.25, 0.3) is 0 Å². The van der Waals surface area contributed by atoms with E-state index in [0.717, 1.165) is 0 Å². The molecular weight excluding hydrogens is 405 g/mol. The SMILES string of the molecule is NC(=O)NN(C(=O)NC(O)C(Cl)(Cl)Cl)C(O)C(Cl)(Cl)Cl. The monoisotopic (exact) mass is 410 g/mol. The first-order valence-corrected chi connectivity index (χ1v) is 6.69. The van der Waals surface area contributed by atoms with E-state index < -0.39 is 32.1 Å². The summed E-state index contributed by atoms with van der Waals surface area (Å²) in [6, 6.07) is -2.63. The summed E-state index contributed by atoms with van der Waals surface area (Å²) in [5, 5.41) is 20.8. The van der Waals surface area contributed by atoms with E-state index in [1.807, 2.05) is 0 Å². The molecule has 0 heterocycles. The van der Waals surface area contributed by atoms with Crippen molar-refractivity contribution in [1.82, 2.24) is 15.8 Å². The summed E-state index contributed by atoms with van der Waals surface area (Å²) in [6.45, 7) is 0. The van der Waals surface area contributed by atoms with Crippen molar-refractivity contribution in [3.8, 4) is 0 Å². The molecule has 0 aromatic carbocycles. The minimum absolute atomic E-state index is 0.0922. The lowest BCUT2D eigenvalue weighted by Gasteiger charge is -2.32.